The Labute approximate surface area is 168 Å². The molecule has 2 N–H and O–H groups in total. The molecule has 29 heavy (non-hydrogen) atoms. The Bertz CT molecular complexity index is 868. The predicted molar refractivity (Wildman–Crippen MR) is 96.8 cm³/mol. The minimum atomic E-state index is -1.37. The monoisotopic (exact) mass is 401 g/mol. The lowest BCUT2D eigenvalue weighted by molar-refractivity contribution is -0.315. The smallest absolute Gasteiger partial charge is 0.165 e. The molecule has 2 aliphatic carbocycles. The van der Waals surface area contributed by atoms with Crippen LogP contribution in [-0.2, 0) is 21.4 Å². The lowest BCUT2D eigenvalue weighted by Gasteiger charge is -2.56. The number of aliphatic carboxylic acids is 2. The van der Waals surface area contributed by atoms with Crippen molar-refractivity contribution in [3.8, 4) is 11.5 Å². The van der Waals surface area contributed by atoms with Crippen LogP contribution < -0.4 is 14.9 Å². The van der Waals surface area contributed by atoms with Gasteiger partial charge in [0.05, 0.1) is 0 Å². The van der Waals surface area contributed by atoms with Gasteiger partial charge in [0.2, 0.25) is 0 Å². The lowest BCUT2D eigenvalue weighted by atomic mass is 9.53. The van der Waals surface area contributed by atoms with Crippen LogP contribution in [0.4, 0.5) is 0 Å². The van der Waals surface area contributed by atoms with Gasteiger partial charge in [-0.3, -0.25) is 0 Å². The molecule has 8 nitrogen and oxygen atoms in total. The van der Waals surface area contributed by atoms with Gasteiger partial charge in [-0.1, -0.05) is 18.2 Å². The number of hydrogen-bond acceptors (Lipinski definition) is 8. The van der Waals surface area contributed by atoms with Crippen LogP contribution in [0.2, 0.25) is 0 Å². The zero-order chi connectivity index (χ0) is 20.9. The number of carbonyl (C=O) groups is 2. The minimum Gasteiger partial charge on any atom is -0.550 e. The van der Waals surface area contributed by atoms with Crippen molar-refractivity contribution in [1.82, 2.24) is 4.90 Å². The highest BCUT2D eigenvalue weighted by Gasteiger charge is 2.64. The molecule has 2 bridgehead atoms. The number of nitrogens with zero attached hydrogens (tertiary/aromatic N) is 1. The van der Waals surface area contributed by atoms with Gasteiger partial charge in [0.25, 0.3) is 0 Å². The van der Waals surface area contributed by atoms with Crippen molar-refractivity contribution in [2.45, 2.75) is 49.3 Å². The van der Waals surface area contributed by atoms with E-state index in [9.17, 15) is 30.0 Å². The van der Waals surface area contributed by atoms with E-state index >= 15 is 0 Å². The maximum absolute atomic E-state index is 10.4. The largest absolute Gasteiger partial charge is 0.550 e. The number of aliphatic hydroxyl groups excluding tert-OH is 1. The van der Waals surface area contributed by atoms with Crippen molar-refractivity contribution < 1.29 is 34.8 Å². The number of carboxylic acids is 2. The van der Waals surface area contributed by atoms with Crippen molar-refractivity contribution in [3.63, 3.8) is 0 Å². The Hall–Kier alpha value is -2.58. The Balaban J connectivity index is 0.000000221. The molecule has 2 heterocycles. The second kappa shape index (κ2) is 7.03. The molecule has 0 radical (unpaired) electrons. The first kappa shape index (κ1) is 19.7. The first-order valence-corrected chi connectivity index (χ1v) is 9.74. The Morgan fingerprint density at radius 1 is 1.24 bits per heavy atom. The molecule has 0 amide bonds. The van der Waals surface area contributed by atoms with Crippen LogP contribution in [0.15, 0.2) is 24.3 Å². The normalized spacial score (nSPS) is 33.2. The van der Waals surface area contributed by atoms with Crippen LogP contribution in [-0.4, -0.2) is 58.9 Å². The third-order valence-electron chi connectivity index (χ3n) is 6.68. The van der Waals surface area contributed by atoms with Crippen LogP contribution in [0.1, 0.15) is 30.4 Å². The summed E-state index contributed by atoms with van der Waals surface area (Å²) in [7, 11) is 2.19. The van der Waals surface area contributed by atoms with E-state index < -0.39 is 30.9 Å². The van der Waals surface area contributed by atoms with E-state index in [0.29, 0.717) is 17.7 Å². The average Bonchev–Trinajstić information content (AvgIpc) is 3.03. The number of aromatic hydroxyl groups is 1. The van der Waals surface area contributed by atoms with Crippen molar-refractivity contribution in [3.05, 3.63) is 35.4 Å². The fourth-order valence-corrected chi connectivity index (χ4v) is 5.44. The van der Waals surface area contributed by atoms with E-state index in [1.165, 1.54) is 11.1 Å². The quantitative estimate of drug-likeness (QED) is 0.583. The molecule has 2 aliphatic heterocycles. The highest BCUT2D eigenvalue weighted by atomic mass is 16.5. The van der Waals surface area contributed by atoms with E-state index in [1.807, 2.05) is 12.1 Å². The first-order chi connectivity index (χ1) is 13.8. The van der Waals surface area contributed by atoms with Crippen molar-refractivity contribution in [1.29, 1.82) is 0 Å². The van der Waals surface area contributed by atoms with Gasteiger partial charge in [-0.25, -0.2) is 0 Å². The third kappa shape index (κ3) is 2.98. The minimum absolute atomic E-state index is 0.160. The molecule has 0 aromatic heterocycles. The second-order valence-corrected chi connectivity index (χ2v) is 8.17. The number of likely N-dealkylation sites (N-methyl/N-ethyl adjacent to an activating group) is 1. The molecule has 0 unspecified atom stereocenters. The second-order valence-electron chi connectivity index (χ2n) is 8.17. The van der Waals surface area contributed by atoms with Crippen molar-refractivity contribution >= 4 is 11.9 Å². The zero-order valence-corrected chi connectivity index (χ0v) is 16.0. The Morgan fingerprint density at radius 3 is 2.59 bits per heavy atom. The molecule has 0 saturated carbocycles. The summed E-state index contributed by atoms with van der Waals surface area (Å²) in [5.41, 5.74) is 2.29. The fourth-order valence-electron chi connectivity index (χ4n) is 5.44. The Kier molecular flexibility index (Phi) is 4.78. The maximum Gasteiger partial charge on any atom is 0.165 e. The molecule has 4 aliphatic rings. The van der Waals surface area contributed by atoms with Crippen LogP contribution in [0.5, 0.6) is 11.5 Å². The van der Waals surface area contributed by atoms with Gasteiger partial charge in [-0.15, -0.1) is 0 Å². The van der Waals surface area contributed by atoms with Gasteiger partial charge in [0, 0.05) is 34.9 Å². The van der Waals surface area contributed by atoms with Crippen LogP contribution in [0, 0.1) is 5.92 Å². The molecule has 1 fully saturated rings. The number of carbonyl (C=O) groups excluding carboxylic acids is 2. The van der Waals surface area contributed by atoms with Crippen LogP contribution in [0.25, 0.3) is 0 Å². The van der Waals surface area contributed by atoms with E-state index in [4.69, 9.17) is 4.74 Å². The number of phenols is 1. The van der Waals surface area contributed by atoms with Crippen molar-refractivity contribution in [2.24, 2.45) is 5.92 Å². The standard InChI is InChI=1S/C17H19NO3.C4H6O4/c1-18-7-6-17-10-3-5-13(20)16(17)21-15-12(19)4-2-9(14(15)17)8-11(10)18;5-3(6)1-2-4(7)8/h2-5,10-11,13,16,19-20H,6-8H2,1H3;1-2H2,(H,5,6)(H,7,8)/p-2/t10-,11+,13-,16-,17-;/m0./s1. The molecule has 8 heteroatoms. The van der Waals surface area contributed by atoms with E-state index in [0.717, 1.165) is 19.4 Å². The van der Waals surface area contributed by atoms with E-state index in [2.05, 4.69) is 18.0 Å². The Morgan fingerprint density at radius 2 is 1.93 bits per heavy atom. The highest BCUT2D eigenvalue weighted by Crippen LogP contribution is 2.62. The number of benzene rings is 1. The zero-order valence-electron chi connectivity index (χ0n) is 16.0. The number of aliphatic hydroxyl groups is 1. The van der Waals surface area contributed by atoms with Crippen molar-refractivity contribution in [2.75, 3.05) is 13.6 Å². The number of phenolic OH excluding ortho intramolecular Hbond substituents is 1. The third-order valence-corrected chi connectivity index (χ3v) is 6.68. The summed E-state index contributed by atoms with van der Waals surface area (Å²) in [4.78, 5) is 21.4. The lowest BCUT2D eigenvalue weighted by Crippen LogP contribution is -2.64. The summed E-state index contributed by atoms with van der Waals surface area (Å²) < 4.78 is 6.09. The SMILES string of the molecule is CN1CC[C@]23c4c5ccc(O)c4O[C@H]2[C@@H](O)C=C[C@H]3[C@H]1C5.O=C([O-])CCC(=O)[O-]. The number of likely N-dealkylation sites (tertiary alicyclic amines) is 1. The van der Waals surface area contributed by atoms with Gasteiger partial charge in [-0.2, -0.15) is 0 Å². The first-order valence-electron chi connectivity index (χ1n) is 9.74. The van der Waals surface area contributed by atoms with E-state index in [1.54, 1.807) is 6.07 Å². The fraction of sp³-hybridized carbons (Fsp3) is 0.524. The summed E-state index contributed by atoms with van der Waals surface area (Å²) in [5, 5.41) is 39.7. The number of hydrogen-bond donors (Lipinski definition) is 2. The summed E-state index contributed by atoms with van der Waals surface area (Å²) in [6, 6.07) is 4.23. The molecule has 1 spiro atoms. The predicted octanol–water partition coefficient (Wildman–Crippen LogP) is -1.54. The number of ether oxygens (including phenoxy) is 1. The topological polar surface area (TPSA) is 133 Å². The molecule has 1 aromatic rings. The van der Waals surface area contributed by atoms with Gasteiger partial charge >= 0.3 is 0 Å². The summed E-state index contributed by atoms with van der Waals surface area (Å²) in [6.07, 6.45) is 4.24. The molecular weight excluding hydrogens is 378 g/mol. The van der Waals surface area contributed by atoms with Crippen LogP contribution >= 0.6 is 0 Å². The molecular formula is C21H23NO7-2. The summed E-state index contributed by atoms with van der Waals surface area (Å²) in [5.74, 6) is -1.54. The van der Waals surface area contributed by atoms with Gasteiger partial charge in [0.15, 0.2) is 11.5 Å². The molecule has 1 saturated heterocycles. The average molecular weight is 401 g/mol. The number of piperidine rings is 1. The number of carboxylic acid groups (broad SMARTS) is 2. The molecule has 5 rings (SSSR count). The van der Waals surface area contributed by atoms with Crippen LogP contribution in [0.3, 0.4) is 0 Å². The molecule has 1 aromatic carbocycles. The van der Waals surface area contributed by atoms with Gasteiger partial charge in [0.1, 0.15) is 12.2 Å². The maximum atomic E-state index is 10.4. The molecule has 5 atom stereocenters. The van der Waals surface area contributed by atoms with Gasteiger partial charge in [-0.05, 0) is 50.9 Å². The summed E-state index contributed by atoms with van der Waals surface area (Å²) in [6.45, 7) is 1.01. The highest BCUT2D eigenvalue weighted by molar-refractivity contribution is 5.72. The summed E-state index contributed by atoms with van der Waals surface area (Å²) >= 11 is 0. The number of rotatable bonds is 3. The molecule has 156 valence electrons. The van der Waals surface area contributed by atoms with Gasteiger partial charge < -0.3 is 39.7 Å². The van der Waals surface area contributed by atoms with E-state index in [-0.39, 0.29) is 17.3 Å².